The molecule has 1 aromatic carbocycles. The molecule has 0 radical (unpaired) electrons. The number of nitrogens with zero attached hydrogens (tertiary/aromatic N) is 1. The highest BCUT2D eigenvalue weighted by Crippen LogP contribution is 2.23. The van der Waals surface area contributed by atoms with E-state index in [1.54, 1.807) is 0 Å². The van der Waals surface area contributed by atoms with E-state index in [1.807, 2.05) is 36.1 Å². The summed E-state index contributed by atoms with van der Waals surface area (Å²) >= 11 is 0. The number of carbonyl (C=O) groups excluding carboxylic acids is 2. The Morgan fingerprint density at radius 2 is 2.14 bits per heavy atom. The summed E-state index contributed by atoms with van der Waals surface area (Å²) in [7, 11) is 0. The van der Waals surface area contributed by atoms with E-state index >= 15 is 0 Å². The third-order valence-electron chi connectivity index (χ3n) is 4.23. The van der Waals surface area contributed by atoms with Gasteiger partial charge in [-0.3, -0.25) is 4.79 Å². The Morgan fingerprint density at radius 1 is 1.41 bits per heavy atom. The predicted octanol–water partition coefficient (Wildman–Crippen LogP) is 0.902. The van der Waals surface area contributed by atoms with E-state index in [0.29, 0.717) is 19.0 Å². The second-order valence-corrected chi connectivity index (χ2v) is 5.85. The van der Waals surface area contributed by atoms with Crippen molar-refractivity contribution >= 4 is 11.9 Å². The van der Waals surface area contributed by atoms with Gasteiger partial charge in [-0.05, 0) is 36.9 Å². The first-order chi connectivity index (χ1) is 10.5. The van der Waals surface area contributed by atoms with Gasteiger partial charge < -0.3 is 21.7 Å². The van der Waals surface area contributed by atoms with Gasteiger partial charge in [0.2, 0.25) is 5.91 Å². The highest BCUT2D eigenvalue weighted by Gasteiger charge is 2.28. The molecule has 3 amide bonds. The highest BCUT2D eigenvalue weighted by atomic mass is 16.2. The molecule has 1 heterocycles. The molecule has 0 aromatic heterocycles. The fourth-order valence-corrected chi connectivity index (χ4v) is 2.94. The number of benzene rings is 1. The maximum Gasteiger partial charge on any atom is 0.312 e. The number of hydrogen-bond donors (Lipinski definition) is 3. The summed E-state index contributed by atoms with van der Waals surface area (Å²) in [6.45, 7) is 3.99. The lowest BCUT2D eigenvalue weighted by Crippen LogP contribution is -2.38. The SMILES string of the molecule is Cc1ccccc1C(CC(=O)N1CCC(CN)C1)NC(N)=O. The summed E-state index contributed by atoms with van der Waals surface area (Å²) in [5.74, 6) is 0.405. The smallest absolute Gasteiger partial charge is 0.312 e. The molecule has 2 rings (SSSR count). The van der Waals surface area contributed by atoms with Crippen molar-refractivity contribution in [2.24, 2.45) is 17.4 Å². The van der Waals surface area contributed by atoms with Crippen molar-refractivity contribution in [1.82, 2.24) is 10.2 Å². The largest absolute Gasteiger partial charge is 0.352 e. The number of nitrogens with one attached hydrogen (secondary N) is 1. The van der Waals surface area contributed by atoms with Crippen LogP contribution in [0.2, 0.25) is 0 Å². The molecule has 1 saturated heterocycles. The number of urea groups is 1. The molecule has 0 saturated carbocycles. The van der Waals surface area contributed by atoms with E-state index in [-0.39, 0.29) is 12.3 Å². The van der Waals surface area contributed by atoms with Crippen molar-refractivity contribution in [3.8, 4) is 0 Å². The highest BCUT2D eigenvalue weighted by molar-refractivity contribution is 5.79. The number of primary amides is 1. The van der Waals surface area contributed by atoms with E-state index in [1.165, 1.54) is 0 Å². The first-order valence-electron chi connectivity index (χ1n) is 7.60. The number of hydrogen-bond acceptors (Lipinski definition) is 3. The molecule has 0 spiro atoms. The molecular weight excluding hydrogens is 280 g/mol. The van der Waals surface area contributed by atoms with Crippen LogP contribution in [-0.2, 0) is 4.79 Å². The third-order valence-corrected chi connectivity index (χ3v) is 4.23. The van der Waals surface area contributed by atoms with Crippen molar-refractivity contribution in [3.05, 3.63) is 35.4 Å². The minimum atomic E-state index is -0.623. The minimum absolute atomic E-state index is 0.0259. The summed E-state index contributed by atoms with van der Waals surface area (Å²) < 4.78 is 0. The van der Waals surface area contributed by atoms with Crippen LogP contribution in [0.3, 0.4) is 0 Å². The monoisotopic (exact) mass is 304 g/mol. The Morgan fingerprint density at radius 3 is 2.73 bits per heavy atom. The van der Waals surface area contributed by atoms with Crippen molar-refractivity contribution in [3.63, 3.8) is 0 Å². The average molecular weight is 304 g/mol. The van der Waals surface area contributed by atoms with Gasteiger partial charge in [-0.15, -0.1) is 0 Å². The van der Waals surface area contributed by atoms with Gasteiger partial charge in [0.25, 0.3) is 0 Å². The molecular formula is C16H24N4O2. The second-order valence-electron chi connectivity index (χ2n) is 5.85. The molecule has 0 bridgehead atoms. The van der Waals surface area contributed by atoms with Crippen LogP contribution in [0.1, 0.15) is 30.0 Å². The van der Waals surface area contributed by atoms with E-state index in [4.69, 9.17) is 11.5 Å². The number of carbonyl (C=O) groups is 2. The molecule has 1 aliphatic rings. The summed E-state index contributed by atoms with van der Waals surface area (Å²) in [5.41, 5.74) is 12.9. The zero-order chi connectivity index (χ0) is 16.1. The first kappa shape index (κ1) is 16.3. The zero-order valence-corrected chi connectivity index (χ0v) is 12.9. The number of rotatable bonds is 5. The van der Waals surface area contributed by atoms with E-state index in [0.717, 1.165) is 24.1 Å². The number of amides is 3. The lowest BCUT2D eigenvalue weighted by molar-refractivity contribution is -0.130. The van der Waals surface area contributed by atoms with Crippen LogP contribution in [0.25, 0.3) is 0 Å². The van der Waals surface area contributed by atoms with E-state index in [9.17, 15) is 9.59 Å². The lowest BCUT2D eigenvalue weighted by atomic mass is 9.98. The van der Waals surface area contributed by atoms with Gasteiger partial charge in [-0.1, -0.05) is 24.3 Å². The van der Waals surface area contributed by atoms with Crippen LogP contribution in [0.15, 0.2) is 24.3 Å². The molecule has 1 fully saturated rings. The zero-order valence-electron chi connectivity index (χ0n) is 12.9. The normalized spacial score (nSPS) is 19.0. The fourth-order valence-electron chi connectivity index (χ4n) is 2.94. The minimum Gasteiger partial charge on any atom is -0.352 e. The lowest BCUT2D eigenvalue weighted by Gasteiger charge is -2.23. The Bertz CT molecular complexity index is 547. The summed E-state index contributed by atoms with van der Waals surface area (Å²) in [4.78, 5) is 25.6. The number of nitrogens with two attached hydrogens (primary N) is 2. The Balaban J connectivity index is 2.09. The quantitative estimate of drug-likeness (QED) is 0.753. The molecule has 6 nitrogen and oxygen atoms in total. The standard InChI is InChI=1S/C16H24N4O2/c1-11-4-2-3-5-13(11)14(19-16(18)22)8-15(21)20-7-6-12(9-17)10-20/h2-5,12,14H,6-10,17H2,1H3,(H3,18,19,22). The molecule has 5 N–H and O–H groups in total. The van der Waals surface area contributed by atoms with Gasteiger partial charge in [0, 0.05) is 13.1 Å². The van der Waals surface area contributed by atoms with Crippen LogP contribution < -0.4 is 16.8 Å². The van der Waals surface area contributed by atoms with Crippen LogP contribution in [0.4, 0.5) is 4.79 Å². The van der Waals surface area contributed by atoms with Gasteiger partial charge in [0.15, 0.2) is 0 Å². The Hall–Kier alpha value is -2.08. The van der Waals surface area contributed by atoms with Crippen LogP contribution in [-0.4, -0.2) is 36.5 Å². The van der Waals surface area contributed by atoms with Gasteiger partial charge in [-0.2, -0.15) is 0 Å². The van der Waals surface area contributed by atoms with Crippen molar-refractivity contribution < 1.29 is 9.59 Å². The van der Waals surface area contributed by atoms with E-state index in [2.05, 4.69) is 5.32 Å². The van der Waals surface area contributed by atoms with Crippen LogP contribution >= 0.6 is 0 Å². The first-order valence-corrected chi connectivity index (χ1v) is 7.60. The predicted molar refractivity (Wildman–Crippen MR) is 85.0 cm³/mol. The third kappa shape index (κ3) is 3.98. The van der Waals surface area contributed by atoms with Gasteiger partial charge in [0.05, 0.1) is 12.5 Å². The van der Waals surface area contributed by atoms with Crippen molar-refractivity contribution in [1.29, 1.82) is 0 Å². The van der Waals surface area contributed by atoms with Crippen molar-refractivity contribution in [2.75, 3.05) is 19.6 Å². The molecule has 2 unspecified atom stereocenters. The summed E-state index contributed by atoms with van der Waals surface area (Å²) in [5, 5.41) is 2.68. The molecule has 22 heavy (non-hydrogen) atoms. The van der Waals surface area contributed by atoms with Crippen LogP contribution in [0.5, 0.6) is 0 Å². The molecule has 1 aliphatic heterocycles. The molecule has 6 heteroatoms. The average Bonchev–Trinajstić information content (AvgIpc) is 2.95. The summed E-state index contributed by atoms with van der Waals surface area (Å²) in [6.07, 6.45) is 1.16. The van der Waals surface area contributed by atoms with E-state index < -0.39 is 12.1 Å². The summed E-state index contributed by atoms with van der Waals surface area (Å²) in [6, 6.07) is 6.66. The second kappa shape index (κ2) is 7.26. The van der Waals surface area contributed by atoms with Gasteiger partial charge in [-0.25, -0.2) is 4.79 Å². The fraction of sp³-hybridized carbons (Fsp3) is 0.500. The molecule has 1 aromatic rings. The topological polar surface area (TPSA) is 101 Å². The van der Waals surface area contributed by atoms with Gasteiger partial charge in [0.1, 0.15) is 0 Å². The number of aryl methyl sites for hydroxylation is 1. The molecule has 120 valence electrons. The maximum atomic E-state index is 12.5. The molecule has 0 aliphatic carbocycles. The van der Waals surface area contributed by atoms with Crippen molar-refractivity contribution in [2.45, 2.75) is 25.8 Å². The maximum absolute atomic E-state index is 12.5. The Kier molecular flexibility index (Phi) is 5.38. The number of likely N-dealkylation sites (tertiary alicyclic amines) is 1. The van der Waals surface area contributed by atoms with Gasteiger partial charge >= 0.3 is 6.03 Å². The van der Waals surface area contributed by atoms with Crippen LogP contribution in [0, 0.1) is 12.8 Å². The molecule has 2 atom stereocenters. The Labute approximate surface area is 130 Å².